The van der Waals surface area contributed by atoms with Gasteiger partial charge in [-0.1, -0.05) is 97.0 Å². The Kier molecular flexibility index (Phi) is 9.98. The lowest BCUT2D eigenvalue weighted by molar-refractivity contribution is -0.119. The van der Waals surface area contributed by atoms with Gasteiger partial charge in [-0.3, -0.25) is 4.79 Å². The normalized spacial score (nSPS) is 36.4. The van der Waals surface area contributed by atoms with Gasteiger partial charge in [-0.25, -0.2) is 0 Å². The molecule has 2 nitrogen and oxygen atoms in total. The molecule has 0 N–H and O–H groups in total. The highest BCUT2D eigenvalue weighted by Crippen LogP contribution is 2.65. The Morgan fingerprint density at radius 2 is 1.43 bits per heavy atom. The summed E-state index contributed by atoms with van der Waals surface area (Å²) in [6.45, 7) is 8.35. The Balaban J connectivity index is 1.13. The maximum Gasteiger partial charge on any atom is 0.155 e. The van der Waals surface area contributed by atoms with Crippen molar-refractivity contribution in [2.75, 3.05) is 6.61 Å². The van der Waals surface area contributed by atoms with E-state index in [4.69, 9.17) is 4.74 Å². The summed E-state index contributed by atoms with van der Waals surface area (Å²) >= 11 is 0. The van der Waals surface area contributed by atoms with Crippen LogP contribution in [0.25, 0.3) is 0 Å². The molecule has 0 amide bonds. The van der Waals surface area contributed by atoms with E-state index in [9.17, 15) is 4.79 Å². The van der Waals surface area contributed by atoms with Crippen LogP contribution in [0.3, 0.4) is 0 Å². The zero-order valence-corrected chi connectivity index (χ0v) is 23.6. The van der Waals surface area contributed by atoms with Crippen LogP contribution in [-0.2, 0) is 9.53 Å². The van der Waals surface area contributed by atoms with Gasteiger partial charge in [0, 0.05) is 13.0 Å². The van der Waals surface area contributed by atoms with Gasteiger partial charge < -0.3 is 4.74 Å². The minimum absolute atomic E-state index is 0.298. The standard InChI is InChI=1S/C33H56O2/c1-4-5-6-7-8-9-10-11-12-13-14-15-24-35-31-19-18-29-28-17-16-26-25-27(34)20-22-32(26,2)30(28)21-23-33(29,31)3/h25,28-31H,4-24H2,1-3H3/t28-,29-,30-,31-,32-,33-/m0/s1. The van der Waals surface area contributed by atoms with Gasteiger partial charge >= 0.3 is 0 Å². The van der Waals surface area contributed by atoms with Crippen LogP contribution in [0.5, 0.6) is 0 Å². The van der Waals surface area contributed by atoms with Crippen molar-refractivity contribution < 1.29 is 9.53 Å². The highest BCUT2D eigenvalue weighted by atomic mass is 16.5. The van der Waals surface area contributed by atoms with Crippen molar-refractivity contribution >= 4 is 5.78 Å². The maximum absolute atomic E-state index is 12.1. The number of fused-ring (bicyclic) bond motifs is 5. The van der Waals surface area contributed by atoms with E-state index in [0.717, 1.165) is 37.2 Å². The summed E-state index contributed by atoms with van der Waals surface area (Å²) in [5.74, 6) is 2.86. The second-order valence-corrected chi connectivity index (χ2v) is 13.3. The molecule has 2 heteroatoms. The smallest absolute Gasteiger partial charge is 0.155 e. The summed E-state index contributed by atoms with van der Waals surface area (Å²) in [5.41, 5.74) is 2.18. The molecule has 4 aliphatic rings. The molecule has 0 spiro atoms. The summed E-state index contributed by atoms with van der Waals surface area (Å²) in [5, 5.41) is 0. The molecule has 3 saturated carbocycles. The molecular weight excluding hydrogens is 428 g/mol. The van der Waals surface area contributed by atoms with Crippen molar-refractivity contribution in [1.29, 1.82) is 0 Å². The van der Waals surface area contributed by atoms with Crippen LogP contribution < -0.4 is 0 Å². The van der Waals surface area contributed by atoms with E-state index in [1.807, 2.05) is 6.08 Å². The molecule has 0 unspecified atom stereocenters. The van der Waals surface area contributed by atoms with E-state index in [0.29, 0.717) is 22.7 Å². The number of hydrogen-bond acceptors (Lipinski definition) is 2. The van der Waals surface area contributed by atoms with Gasteiger partial charge in [0.05, 0.1) is 6.10 Å². The molecule has 0 aromatic rings. The van der Waals surface area contributed by atoms with Crippen LogP contribution in [0.2, 0.25) is 0 Å². The molecule has 35 heavy (non-hydrogen) atoms. The zero-order chi connectivity index (χ0) is 24.7. The average molecular weight is 485 g/mol. The molecule has 4 rings (SSSR count). The third kappa shape index (κ3) is 6.27. The van der Waals surface area contributed by atoms with Crippen LogP contribution in [0.4, 0.5) is 0 Å². The minimum Gasteiger partial charge on any atom is -0.378 e. The van der Waals surface area contributed by atoms with Crippen molar-refractivity contribution in [1.82, 2.24) is 0 Å². The summed E-state index contributed by atoms with van der Waals surface area (Å²) in [6.07, 6.45) is 29.1. The summed E-state index contributed by atoms with van der Waals surface area (Å²) < 4.78 is 6.64. The summed E-state index contributed by atoms with van der Waals surface area (Å²) in [4.78, 5) is 12.1. The second-order valence-electron chi connectivity index (χ2n) is 13.3. The fourth-order valence-corrected chi connectivity index (χ4v) is 8.95. The van der Waals surface area contributed by atoms with E-state index in [-0.39, 0.29) is 0 Å². The maximum atomic E-state index is 12.1. The molecule has 4 aliphatic carbocycles. The van der Waals surface area contributed by atoms with Crippen LogP contribution >= 0.6 is 0 Å². The van der Waals surface area contributed by atoms with E-state index >= 15 is 0 Å². The van der Waals surface area contributed by atoms with Gasteiger partial charge in [0.2, 0.25) is 0 Å². The molecule has 0 aromatic carbocycles. The summed E-state index contributed by atoms with van der Waals surface area (Å²) in [7, 11) is 0. The number of ether oxygens (including phenoxy) is 1. The Morgan fingerprint density at radius 3 is 2.11 bits per heavy atom. The van der Waals surface area contributed by atoms with Gasteiger partial charge in [0.1, 0.15) is 0 Å². The molecule has 6 atom stereocenters. The van der Waals surface area contributed by atoms with E-state index in [1.54, 1.807) is 0 Å². The predicted molar refractivity (Wildman–Crippen MR) is 148 cm³/mol. The van der Waals surface area contributed by atoms with Crippen molar-refractivity contribution in [3.8, 4) is 0 Å². The van der Waals surface area contributed by atoms with Gasteiger partial charge in [-0.05, 0) is 86.0 Å². The first kappa shape index (κ1) is 27.4. The predicted octanol–water partition coefficient (Wildman–Crippen LogP) is 9.60. The van der Waals surface area contributed by atoms with E-state index < -0.39 is 0 Å². The lowest BCUT2D eigenvalue weighted by atomic mass is 9.47. The van der Waals surface area contributed by atoms with Gasteiger partial charge in [-0.2, -0.15) is 0 Å². The van der Waals surface area contributed by atoms with Crippen molar-refractivity contribution in [3.63, 3.8) is 0 Å². The topological polar surface area (TPSA) is 26.3 Å². The van der Waals surface area contributed by atoms with Crippen LogP contribution in [0.15, 0.2) is 11.6 Å². The second kappa shape index (κ2) is 12.7. The minimum atomic E-state index is 0.298. The molecule has 0 aliphatic heterocycles. The number of rotatable bonds is 14. The van der Waals surface area contributed by atoms with Crippen molar-refractivity contribution in [2.45, 2.75) is 155 Å². The number of carbonyl (C=O) groups is 1. The number of unbranched alkanes of at least 4 members (excludes halogenated alkanes) is 11. The molecule has 0 saturated heterocycles. The Hall–Kier alpha value is -0.630. The Labute approximate surface area is 217 Å². The molecule has 0 bridgehead atoms. The van der Waals surface area contributed by atoms with Crippen LogP contribution in [-0.4, -0.2) is 18.5 Å². The molecule has 3 fully saturated rings. The van der Waals surface area contributed by atoms with E-state index in [1.165, 1.54) is 121 Å². The molecular formula is C33H56O2. The van der Waals surface area contributed by atoms with E-state index in [2.05, 4.69) is 20.8 Å². The van der Waals surface area contributed by atoms with Crippen molar-refractivity contribution in [3.05, 3.63) is 11.6 Å². The first-order valence-corrected chi connectivity index (χ1v) is 15.8. The van der Waals surface area contributed by atoms with Crippen LogP contribution in [0.1, 0.15) is 149 Å². The molecule has 200 valence electrons. The van der Waals surface area contributed by atoms with Crippen molar-refractivity contribution in [2.24, 2.45) is 28.6 Å². The largest absolute Gasteiger partial charge is 0.378 e. The number of allylic oxidation sites excluding steroid dienone is 1. The first-order valence-electron chi connectivity index (χ1n) is 15.8. The van der Waals surface area contributed by atoms with Gasteiger partial charge in [-0.15, -0.1) is 0 Å². The number of carbonyl (C=O) groups excluding carboxylic acids is 1. The molecule has 0 heterocycles. The molecule has 0 radical (unpaired) electrons. The Bertz CT molecular complexity index is 710. The van der Waals surface area contributed by atoms with Crippen LogP contribution in [0, 0.1) is 28.6 Å². The molecule has 0 aromatic heterocycles. The lowest BCUT2D eigenvalue weighted by Crippen LogP contribution is -2.51. The van der Waals surface area contributed by atoms with Gasteiger partial charge in [0.25, 0.3) is 0 Å². The zero-order valence-electron chi connectivity index (χ0n) is 23.6. The highest BCUT2D eigenvalue weighted by molar-refractivity contribution is 5.91. The fraction of sp³-hybridized carbons (Fsp3) is 0.909. The Morgan fingerprint density at radius 1 is 0.771 bits per heavy atom. The SMILES string of the molecule is CCCCCCCCCCCCCCO[C@H]1CC[C@H]2[C@@H]3CCC4=CC(=O)CC[C@]4(C)[C@H]3CC[C@]12C. The fourth-order valence-electron chi connectivity index (χ4n) is 8.95. The number of ketones is 1. The summed E-state index contributed by atoms with van der Waals surface area (Å²) in [6, 6.07) is 0. The highest BCUT2D eigenvalue weighted by Gasteiger charge is 2.59. The monoisotopic (exact) mass is 484 g/mol. The lowest BCUT2D eigenvalue weighted by Gasteiger charge is -2.58. The van der Waals surface area contributed by atoms with Gasteiger partial charge in [0.15, 0.2) is 5.78 Å². The third-order valence-electron chi connectivity index (χ3n) is 11.2. The average Bonchev–Trinajstić information content (AvgIpc) is 3.18. The number of hydrogen-bond donors (Lipinski definition) is 0. The quantitative estimate of drug-likeness (QED) is 0.229. The first-order chi connectivity index (χ1) is 17.0. The third-order valence-corrected chi connectivity index (χ3v) is 11.2.